The molecule has 2 saturated heterocycles. The molecular formula is C14H19N3O3S. The SMILES string of the molecule is Nc1ccc(CS(=O)(=O)N2CCN3C(=O)CCC3C2)cc1. The lowest BCUT2D eigenvalue weighted by molar-refractivity contribution is -0.130. The molecule has 1 unspecified atom stereocenters. The number of nitrogens with two attached hydrogens (primary N) is 1. The standard InChI is InChI=1S/C14H19N3O3S/c15-12-3-1-11(2-4-12)10-21(19,20)16-7-8-17-13(9-16)5-6-14(17)18/h1-4,13H,5-10,15H2. The highest BCUT2D eigenvalue weighted by Gasteiger charge is 2.38. The molecule has 0 aromatic heterocycles. The quantitative estimate of drug-likeness (QED) is 0.820. The third-order valence-corrected chi connectivity index (χ3v) is 6.00. The minimum absolute atomic E-state index is 0.0199. The maximum absolute atomic E-state index is 12.5. The topological polar surface area (TPSA) is 83.7 Å². The van der Waals surface area contributed by atoms with Crippen LogP contribution in [0.5, 0.6) is 0 Å². The van der Waals surface area contributed by atoms with Crippen LogP contribution < -0.4 is 5.73 Å². The Morgan fingerprint density at radius 3 is 2.62 bits per heavy atom. The number of anilines is 1. The number of sulfonamides is 1. The molecule has 1 aromatic rings. The zero-order valence-electron chi connectivity index (χ0n) is 11.7. The fourth-order valence-electron chi connectivity index (χ4n) is 3.00. The number of fused-ring (bicyclic) bond motifs is 1. The number of piperazine rings is 1. The number of benzene rings is 1. The van der Waals surface area contributed by atoms with Gasteiger partial charge in [0.1, 0.15) is 0 Å². The first-order chi connectivity index (χ1) is 9.95. The molecule has 0 aliphatic carbocycles. The van der Waals surface area contributed by atoms with Gasteiger partial charge in [-0.2, -0.15) is 4.31 Å². The van der Waals surface area contributed by atoms with Gasteiger partial charge >= 0.3 is 0 Å². The van der Waals surface area contributed by atoms with E-state index >= 15 is 0 Å². The largest absolute Gasteiger partial charge is 0.399 e. The molecular weight excluding hydrogens is 290 g/mol. The molecule has 114 valence electrons. The zero-order valence-corrected chi connectivity index (χ0v) is 12.6. The van der Waals surface area contributed by atoms with Crippen molar-refractivity contribution in [2.75, 3.05) is 25.4 Å². The summed E-state index contributed by atoms with van der Waals surface area (Å²) in [4.78, 5) is 13.4. The minimum Gasteiger partial charge on any atom is -0.399 e. The summed E-state index contributed by atoms with van der Waals surface area (Å²) < 4.78 is 26.5. The molecule has 3 rings (SSSR count). The predicted molar refractivity (Wildman–Crippen MR) is 79.8 cm³/mol. The lowest BCUT2D eigenvalue weighted by Gasteiger charge is -2.36. The summed E-state index contributed by atoms with van der Waals surface area (Å²) in [5.41, 5.74) is 6.96. The predicted octanol–water partition coefficient (Wildman–Crippen LogP) is 0.405. The first-order valence-electron chi connectivity index (χ1n) is 7.07. The molecule has 21 heavy (non-hydrogen) atoms. The van der Waals surface area contributed by atoms with Gasteiger partial charge in [0.25, 0.3) is 0 Å². The van der Waals surface area contributed by atoms with Gasteiger partial charge < -0.3 is 10.6 Å². The van der Waals surface area contributed by atoms with E-state index in [0.29, 0.717) is 31.7 Å². The normalized spacial score (nSPS) is 23.3. The highest BCUT2D eigenvalue weighted by Crippen LogP contribution is 2.25. The van der Waals surface area contributed by atoms with E-state index in [0.717, 1.165) is 12.0 Å². The van der Waals surface area contributed by atoms with Crippen molar-refractivity contribution in [3.05, 3.63) is 29.8 Å². The van der Waals surface area contributed by atoms with Crippen molar-refractivity contribution in [2.45, 2.75) is 24.6 Å². The number of carbonyl (C=O) groups is 1. The van der Waals surface area contributed by atoms with Crippen LogP contribution >= 0.6 is 0 Å². The molecule has 2 aliphatic rings. The molecule has 6 nitrogen and oxygen atoms in total. The van der Waals surface area contributed by atoms with E-state index in [-0.39, 0.29) is 17.7 Å². The summed E-state index contributed by atoms with van der Waals surface area (Å²) in [6, 6.07) is 6.94. The van der Waals surface area contributed by atoms with E-state index in [4.69, 9.17) is 5.73 Å². The lowest BCUT2D eigenvalue weighted by Crippen LogP contribution is -2.53. The Morgan fingerprint density at radius 2 is 1.90 bits per heavy atom. The maximum atomic E-state index is 12.5. The fourth-order valence-corrected chi connectivity index (χ4v) is 4.56. The van der Waals surface area contributed by atoms with Gasteiger partial charge in [0, 0.05) is 37.8 Å². The van der Waals surface area contributed by atoms with Crippen molar-refractivity contribution in [3.63, 3.8) is 0 Å². The Kier molecular flexibility index (Phi) is 3.62. The summed E-state index contributed by atoms with van der Waals surface area (Å²) in [7, 11) is -3.35. The molecule has 1 atom stereocenters. The van der Waals surface area contributed by atoms with Gasteiger partial charge in [-0.05, 0) is 24.1 Å². The van der Waals surface area contributed by atoms with Gasteiger partial charge in [0.2, 0.25) is 15.9 Å². The van der Waals surface area contributed by atoms with Crippen molar-refractivity contribution in [3.8, 4) is 0 Å². The number of hydrogen-bond donors (Lipinski definition) is 1. The molecule has 1 aromatic carbocycles. The van der Waals surface area contributed by atoms with E-state index in [1.807, 2.05) is 4.90 Å². The molecule has 2 aliphatic heterocycles. The van der Waals surface area contributed by atoms with E-state index in [9.17, 15) is 13.2 Å². The van der Waals surface area contributed by atoms with Gasteiger partial charge in [0.15, 0.2) is 0 Å². The minimum atomic E-state index is -3.35. The number of nitrogens with zero attached hydrogens (tertiary/aromatic N) is 2. The van der Waals surface area contributed by atoms with Crippen molar-refractivity contribution in [1.82, 2.24) is 9.21 Å². The molecule has 2 heterocycles. The third kappa shape index (κ3) is 2.89. The van der Waals surface area contributed by atoms with Crippen LogP contribution in [0.2, 0.25) is 0 Å². The van der Waals surface area contributed by atoms with E-state index < -0.39 is 10.0 Å². The summed E-state index contributed by atoms with van der Waals surface area (Å²) in [5.74, 6) is 0.129. The third-order valence-electron chi connectivity index (χ3n) is 4.18. The fraction of sp³-hybridized carbons (Fsp3) is 0.500. The van der Waals surface area contributed by atoms with Crippen LogP contribution in [0.4, 0.5) is 5.69 Å². The first-order valence-corrected chi connectivity index (χ1v) is 8.68. The molecule has 2 N–H and O–H groups in total. The van der Waals surface area contributed by atoms with Crippen molar-refractivity contribution in [2.24, 2.45) is 0 Å². The Labute approximate surface area is 124 Å². The van der Waals surface area contributed by atoms with Crippen LogP contribution in [0.15, 0.2) is 24.3 Å². The van der Waals surface area contributed by atoms with Crippen molar-refractivity contribution < 1.29 is 13.2 Å². The highest BCUT2D eigenvalue weighted by atomic mass is 32.2. The van der Waals surface area contributed by atoms with Crippen LogP contribution in [-0.2, 0) is 20.6 Å². The van der Waals surface area contributed by atoms with Crippen LogP contribution in [0.3, 0.4) is 0 Å². The van der Waals surface area contributed by atoms with Gasteiger partial charge in [-0.1, -0.05) is 12.1 Å². The Morgan fingerprint density at radius 1 is 1.19 bits per heavy atom. The second kappa shape index (κ2) is 5.31. The molecule has 0 saturated carbocycles. The van der Waals surface area contributed by atoms with Crippen LogP contribution in [0, 0.1) is 0 Å². The van der Waals surface area contributed by atoms with E-state index in [1.54, 1.807) is 24.3 Å². The van der Waals surface area contributed by atoms with E-state index in [2.05, 4.69) is 0 Å². The Hall–Kier alpha value is -1.60. The average molecular weight is 309 g/mol. The van der Waals surface area contributed by atoms with Crippen molar-refractivity contribution in [1.29, 1.82) is 0 Å². The molecule has 0 bridgehead atoms. The maximum Gasteiger partial charge on any atom is 0.222 e. The number of rotatable bonds is 3. The van der Waals surface area contributed by atoms with Gasteiger partial charge in [0.05, 0.1) is 5.75 Å². The molecule has 0 spiro atoms. The molecule has 2 fully saturated rings. The highest BCUT2D eigenvalue weighted by molar-refractivity contribution is 7.88. The molecule has 7 heteroatoms. The smallest absolute Gasteiger partial charge is 0.222 e. The van der Waals surface area contributed by atoms with Crippen molar-refractivity contribution >= 4 is 21.6 Å². The number of carbonyl (C=O) groups excluding carboxylic acids is 1. The molecule has 1 amide bonds. The lowest BCUT2D eigenvalue weighted by atomic mass is 10.2. The summed E-state index contributed by atoms with van der Waals surface area (Å²) in [5, 5.41) is 0. The monoisotopic (exact) mass is 309 g/mol. The van der Waals surface area contributed by atoms with Crippen LogP contribution in [0.25, 0.3) is 0 Å². The van der Waals surface area contributed by atoms with Crippen LogP contribution in [-0.4, -0.2) is 49.2 Å². The van der Waals surface area contributed by atoms with Gasteiger partial charge in [-0.3, -0.25) is 4.79 Å². The molecule has 0 radical (unpaired) electrons. The number of nitrogen functional groups attached to an aromatic ring is 1. The van der Waals surface area contributed by atoms with Crippen LogP contribution in [0.1, 0.15) is 18.4 Å². The second-order valence-electron chi connectivity index (χ2n) is 5.64. The van der Waals surface area contributed by atoms with E-state index in [1.165, 1.54) is 4.31 Å². The Bertz CT molecular complexity index is 642. The van der Waals surface area contributed by atoms with Gasteiger partial charge in [-0.25, -0.2) is 8.42 Å². The van der Waals surface area contributed by atoms with Gasteiger partial charge in [-0.15, -0.1) is 0 Å². The number of amides is 1. The average Bonchev–Trinajstić information content (AvgIpc) is 2.82. The first kappa shape index (κ1) is 14.3. The Balaban J connectivity index is 1.71. The zero-order chi connectivity index (χ0) is 15.0. The second-order valence-corrected chi connectivity index (χ2v) is 7.60. The summed E-state index contributed by atoms with van der Waals surface area (Å²) in [6.07, 6.45) is 1.29. The number of hydrogen-bond acceptors (Lipinski definition) is 4. The summed E-state index contributed by atoms with van der Waals surface area (Å²) >= 11 is 0. The summed E-state index contributed by atoms with van der Waals surface area (Å²) in [6.45, 7) is 1.31.